The summed E-state index contributed by atoms with van der Waals surface area (Å²) in [5.41, 5.74) is 5.65. The van der Waals surface area contributed by atoms with Crippen molar-refractivity contribution in [2.75, 3.05) is 11.0 Å². The summed E-state index contributed by atoms with van der Waals surface area (Å²) in [5.74, 6) is 0.874. The standard InChI is InChI=1S/C24H23N3O3S/c1-16-7-5-9-18(13-16)24-27-22(20-11-3-4-12-23(20)30-24)15-21(25-27)17-8-6-10-19(14-17)26-31(2,28)29/h3-14,22,24,26H,15H2,1-2H3/t22-,24-/m1/s1. The lowest BCUT2D eigenvalue weighted by molar-refractivity contribution is -0.0190. The predicted molar refractivity (Wildman–Crippen MR) is 122 cm³/mol. The van der Waals surface area contributed by atoms with Crippen molar-refractivity contribution >= 4 is 21.4 Å². The molecule has 3 aromatic carbocycles. The van der Waals surface area contributed by atoms with Gasteiger partial charge < -0.3 is 4.74 Å². The number of nitrogens with one attached hydrogen (secondary N) is 1. The Morgan fingerprint density at radius 3 is 2.65 bits per heavy atom. The number of nitrogens with zero attached hydrogens (tertiary/aromatic N) is 2. The maximum absolute atomic E-state index is 11.6. The SMILES string of the molecule is Cc1cccc([C@H]2Oc3ccccc3[C@H]3CC(c4cccc(NS(C)(=O)=O)c4)=NN32)c1. The molecular formula is C24H23N3O3S. The van der Waals surface area contributed by atoms with Gasteiger partial charge in [0.15, 0.2) is 0 Å². The average molecular weight is 434 g/mol. The molecule has 0 amide bonds. The van der Waals surface area contributed by atoms with Gasteiger partial charge in [-0.25, -0.2) is 13.4 Å². The number of sulfonamides is 1. The van der Waals surface area contributed by atoms with Crippen molar-refractivity contribution in [1.82, 2.24) is 5.01 Å². The minimum absolute atomic E-state index is 0.0528. The van der Waals surface area contributed by atoms with Crippen molar-refractivity contribution < 1.29 is 13.2 Å². The summed E-state index contributed by atoms with van der Waals surface area (Å²) < 4.78 is 32.2. The van der Waals surface area contributed by atoms with E-state index in [0.29, 0.717) is 12.1 Å². The highest BCUT2D eigenvalue weighted by molar-refractivity contribution is 7.92. The topological polar surface area (TPSA) is 71.0 Å². The fourth-order valence-corrected chi connectivity index (χ4v) is 4.78. The smallest absolute Gasteiger partial charge is 0.229 e. The molecule has 7 heteroatoms. The van der Waals surface area contributed by atoms with E-state index in [0.717, 1.165) is 34.4 Å². The zero-order valence-electron chi connectivity index (χ0n) is 17.3. The number of benzene rings is 3. The molecule has 2 aliphatic rings. The Hall–Kier alpha value is -3.32. The largest absolute Gasteiger partial charge is 0.464 e. The minimum atomic E-state index is -3.35. The van der Waals surface area contributed by atoms with Crippen LogP contribution in [0.2, 0.25) is 0 Å². The summed E-state index contributed by atoms with van der Waals surface area (Å²) in [6.07, 6.45) is 1.54. The third-order valence-corrected chi connectivity index (χ3v) is 6.13. The third-order valence-electron chi connectivity index (χ3n) is 5.53. The molecule has 6 nitrogen and oxygen atoms in total. The number of hydrazone groups is 1. The molecule has 1 N–H and O–H groups in total. The van der Waals surface area contributed by atoms with Crippen molar-refractivity contribution in [2.24, 2.45) is 5.10 Å². The third kappa shape index (κ3) is 3.88. The second-order valence-electron chi connectivity index (χ2n) is 8.02. The highest BCUT2D eigenvalue weighted by atomic mass is 32.2. The summed E-state index contributed by atoms with van der Waals surface area (Å²) >= 11 is 0. The van der Waals surface area contributed by atoms with Gasteiger partial charge in [-0.2, -0.15) is 5.10 Å². The fourth-order valence-electron chi connectivity index (χ4n) is 4.23. The molecule has 2 aliphatic heterocycles. The van der Waals surface area contributed by atoms with Crippen molar-refractivity contribution in [3.05, 3.63) is 95.1 Å². The van der Waals surface area contributed by atoms with Gasteiger partial charge in [-0.3, -0.25) is 4.72 Å². The Morgan fingerprint density at radius 1 is 1.03 bits per heavy atom. The number of hydrogen-bond acceptors (Lipinski definition) is 5. The van der Waals surface area contributed by atoms with E-state index in [1.807, 2.05) is 47.5 Å². The van der Waals surface area contributed by atoms with Crippen LogP contribution < -0.4 is 9.46 Å². The molecule has 0 unspecified atom stereocenters. The highest BCUT2D eigenvalue weighted by Crippen LogP contribution is 2.47. The molecule has 3 aromatic rings. The van der Waals surface area contributed by atoms with E-state index in [2.05, 4.69) is 35.9 Å². The zero-order chi connectivity index (χ0) is 21.6. The lowest BCUT2D eigenvalue weighted by Crippen LogP contribution is -2.33. The molecule has 5 rings (SSSR count). The van der Waals surface area contributed by atoms with Crippen LogP contribution in [0.1, 0.15) is 40.9 Å². The zero-order valence-corrected chi connectivity index (χ0v) is 18.1. The molecule has 0 bridgehead atoms. The Bertz CT molecular complexity index is 1290. The maximum atomic E-state index is 11.6. The summed E-state index contributed by atoms with van der Waals surface area (Å²) in [5, 5.41) is 6.98. The van der Waals surface area contributed by atoms with Gasteiger partial charge >= 0.3 is 0 Å². The number of ether oxygens (including phenoxy) is 1. The van der Waals surface area contributed by atoms with Crippen LogP contribution in [0, 0.1) is 6.92 Å². The van der Waals surface area contributed by atoms with Gasteiger partial charge in [0.05, 0.1) is 18.0 Å². The Morgan fingerprint density at radius 2 is 1.84 bits per heavy atom. The molecule has 0 fully saturated rings. The lowest BCUT2D eigenvalue weighted by Gasteiger charge is -2.38. The van der Waals surface area contributed by atoms with Crippen LogP contribution >= 0.6 is 0 Å². The van der Waals surface area contributed by atoms with Crippen LogP contribution in [0.5, 0.6) is 5.75 Å². The number of anilines is 1. The van der Waals surface area contributed by atoms with Crippen molar-refractivity contribution in [2.45, 2.75) is 25.6 Å². The highest BCUT2D eigenvalue weighted by Gasteiger charge is 2.40. The Labute approximate surface area is 182 Å². The monoisotopic (exact) mass is 433 g/mol. The summed E-state index contributed by atoms with van der Waals surface area (Å²) in [6.45, 7) is 2.07. The van der Waals surface area contributed by atoms with Crippen LogP contribution in [0.3, 0.4) is 0 Å². The molecule has 2 atom stereocenters. The van der Waals surface area contributed by atoms with E-state index >= 15 is 0 Å². The number of fused-ring (bicyclic) bond motifs is 3. The second kappa shape index (κ2) is 7.42. The number of hydrogen-bond donors (Lipinski definition) is 1. The van der Waals surface area contributed by atoms with E-state index in [9.17, 15) is 8.42 Å². The predicted octanol–water partition coefficient (Wildman–Crippen LogP) is 4.61. The number of rotatable bonds is 4. The van der Waals surface area contributed by atoms with Crippen LogP contribution in [-0.2, 0) is 10.0 Å². The molecular weight excluding hydrogens is 410 g/mol. The molecule has 0 aromatic heterocycles. The Kier molecular flexibility index (Phi) is 4.70. The molecule has 0 saturated heterocycles. The van der Waals surface area contributed by atoms with Crippen molar-refractivity contribution in [1.29, 1.82) is 0 Å². The van der Waals surface area contributed by atoms with Gasteiger partial charge in [-0.15, -0.1) is 0 Å². The molecule has 0 spiro atoms. The van der Waals surface area contributed by atoms with E-state index in [1.54, 1.807) is 6.07 Å². The van der Waals surface area contributed by atoms with Gasteiger partial charge in [0, 0.05) is 23.2 Å². The average Bonchev–Trinajstić information content (AvgIpc) is 3.18. The maximum Gasteiger partial charge on any atom is 0.229 e. The van der Waals surface area contributed by atoms with Crippen molar-refractivity contribution in [3.63, 3.8) is 0 Å². The summed E-state index contributed by atoms with van der Waals surface area (Å²) in [4.78, 5) is 0. The van der Waals surface area contributed by atoms with E-state index in [4.69, 9.17) is 9.84 Å². The summed E-state index contributed by atoms with van der Waals surface area (Å²) in [7, 11) is -3.35. The van der Waals surface area contributed by atoms with E-state index in [1.165, 1.54) is 5.56 Å². The van der Waals surface area contributed by atoms with Gasteiger partial charge in [0.1, 0.15) is 5.75 Å². The summed E-state index contributed by atoms with van der Waals surface area (Å²) in [6, 6.07) is 23.8. The first-order chi connectivity index (χ1) is 14.9. The quantitative estimate of drug-likeness (QED) is 0.652. The number of aryl methyl sites for hydroxylation is 1. The first kappa shape index (κ1) is 19.6. The van der Waals surface area contributed by atoms with Gasteiger partial charge in [0.25, 0.3) is 0 Å². The van der Waals surface area contributed by atoms with Gasteiger partial charge in [-0.05, 0) is 30.7 Å². The molecule has 0 saturated carbocycles. The van der Waals surface area contributed by atoms with Crippen molar-refractivity contribution in [3.8, 4) is 5.75 Å². The molecule has 0 aliphatic carbocycles. The first-order valence-electron chi connectivity index (χ1n) is 10.1. The second-order valence-corrected chi connectivity index (χ2v) is 9.77. The first-order valence-corrected chi connectivity index (χ1v) is 12.0. The Balaban J connectivity index is 1.55. The van der Waals surface area contributed by atoms with E-state index in [-0.39, 0.29) is 12.3 Å². The molecule has 158 valence electrons. The minimum Gasteiger partial charge on any atom is -0.464 e. The number of para-hydroxylation sites is 1. The van der Waals surface area contributed by atoms with Crippen LogP contribution in [-0.4, -0.2) is 25.4 Å². The molecule has 0 radical (unpaired) electrons. The normalized spacial score (nSPS) is 19.8. The van der Waals surface area contributed by atoms with Gasteiger partial charge in [-0.1, -0.05) is 60.2 Å². The fraction of sp³-hybridized carbons (Fsp3) is 0.208. The molecule has 31 heavy (non-hydrogen) atoms. The van der Waals surface area contributed by atoms with Crippen LogP contribution in [0.4, 0.5) is 5.69 Å². The molecule has 2 heterocycles. The van der Waals surface area contributed by atoms with Crippen LogP contribution in [0.25, 0.3) is 0 Å². The van der Waals surface area contributed by atoms with Gasteiger partial charge in [0.2, 0.25) is 16.3 Å². The van der Waals surface area contributed by atoms with E-state index < -0.39 is 10.0 Å². The lowest BCUT2D eigenvalue weighted by atomic mass is 9.95. The van der Waals surface area contributed by atoms with Crippen LogP contribution in [0.15, 0.2) is 77.9 Å².